The molecule has 0 saturated heterocycles. The van der Waals surface area contributed by atoms with Crippen LogP contribution in [-0.2, 0) is 32.6 Å². The summed E-state index contributed by atoms with van der Waals surface area (Å²) in [5, 5.41) is 3.51. The van der Waals surface area contributed by atoms with Crippen molar-refractivity contribution in [3.8, 4) is 5.75 Å². The molecule has 5 rings (SSSR count). The summed E-state index contributed by atoms with van der Waals surface area (Å²) in [6.07, 6.45) is 4.07. The Kier molecular flexibility index (Phi) is 11.2. The Bertz CT molecular complexity index is 1780. The van der Waals surface area contributed by atoms with Gasteiger partial charge in [0.15, 0.2) is 0 Å². The monoisotopic (exact) mass is 673 g/mol. The van der Waals surface area contributed by atoms with Gasteiger partial charge in [-0.25, -0.2) is 8.42 Å². The average molecular weight is 674 g/mol. The second-order valence-corrected chi connectivity index (χ2v) is 14.2. The second kappa shape index (κ2) is 15.5. The minimum Gasteiger partial charge on any atom is -0.497 e. The first-order valence-electron chi connectivity index (χ1n) is 15.8. The fraction of sp³-hybridized carbons (Fsp3) is 0.297. The normalized spacial score (nSPS) is 13.9. The molecule has 246 valence electrons. The zero-order valence-electron chi connectivity index (χ0n) is 26.6. The van der Waals surface area contributed by atoms with Crippen LogP contribution in [-0.4, -0.2) is 50.9 Å². The van der Waals surface area contributed by atoms with Crippen molar-refractivity contribution in [1.29, 1.82) is 0 Å². The van der Waals surface area contributed by atoms with E-state index in [1.807, 2.05) is 55.5 Å². The Morgan fingerprint density at radius 1 is 0.894 bits per heavy atom. The van der Waals surface area contributed by atoms with Crippen LogP contribution in [0.5, 0.6) is 5.75 Å². The molecule has 1 N–H and O–H groups in total. The van der Waals surface area contributed by atoms with Crippen molar-refractivity contribution in [2.24, 2.45) is 0 Å². The molecule has 2 amide bonds. The van der Waals surface area contributed by atoms with Gasteiger partial charge >= 0.3 is 0 Å². The van der Waals surface area contributed by atoms with Crippen LogP contribution in [0.25, 0.3) is 0 Å². The van der Waals surface area contributed by atoms with Crippen LogP contribution in [0.2, 0.25) is 5.02 Å². The minimum absolute atomic E-state index is 0.0272. The number of amides is 2. The lowest BCUT2D eigenvalue weighted by Crippen LogP contribution is -2.54. The van der Waals surface area contributed by atoms with Crippen LogP contribution in [0.4, 0.5) is 5.69 Å². The summed E-state index contributed by atoms with van der Waals surface area (Å²) in [6, 6.07) is 28.8. The number of nitrogens with one attached hydrogen (secondary N) is 1. The highest BCUT2D eigenvalue weighted by Crippen LogP contribution is 2.28. The van der Waals surface area contributed by atoms with Crippen molar-refractivity contribution in [2.75, 3.05) is 18.0 Å². The Hall–Kier alpha value is -4.34. The highest BCUT2D eigenvalue weighted by atomic mass is 35.5. The van der Waals surface area contributed by atoms with E-state index in [1.54, 1.807) is 43.5 Å². The molecule has 4 aromatic rings. The van der Waals surface area contributed by atoms with Crippen molar-refractivity contribution in [3.63, 3.8) is 0 Å². The van der Waals surface area contributed by atoms with E-state index in [0.717, 1.165) is 46.7 Å². The maximum absolute atomic E-state index is 14.7. The summed E-state index contributed by atoms with van der Waals surface area (Å²) in [6.45, 7) is 1.37. The molecule has 8 nitrogen and oxygen atoms in total. The highest BCUT2D eigenvalue weighted by molar-refractivity contribution is 7.92. The van der Waals surface area contributed by atoms with Gasteiger partial charge in [0.1, 0.15) is 18.3 Å². The summed E-state index contributed by atoms with van der Waals surface area (Å²) in [7, 11) is -2.65. The van der Waals surface area contributed by atoms with Crippen molar-refractivity contribution in [2.45, 2.75) is 62.6 Å². The molecule has 0 unspecified atom stereocenters. The SMILES string of the molecule is COc1cccc(CN(C(=O)CN(c2cccc(Cl)c2)S(=O)(=O)c2ccc(C)cc2)[C@H](Cc2ccccc2)C(=O)NC2CCCC2)c1. The molecule has 47 heavy (non-hydrogen) atoms. The molecule has 1 fully saturated rings. The third kappa shape index (κ3) is 8.73. The molecule has 0 bridgehead atoms. The van der Waals surface area contributed by atoms with E-state index in [1.165, 1.54) is 23.1 Å². The quantitative estimate of drug-likeness (QED) is 0.174. The Balaban J connectivity index is 1.57. The van der Waals surface area contributed by atoms with Gasteiger partial charge < -0.3 is 15.0 Å². The van der Waals surface area contributed by atoms with Crippen LogP contribution in [0.15, 0.2) is 108 Å². The first-order valence-corrected chi connectivity index (χ1v) is 17.6. The summed E-state index contributed by atoms with van der Waals surface area (Å²) < 4.78 is 34.9. The van der Waals surface area contributed by atoms with Crippen molar-refractivity contribution in [1.82, 2.24) is 10.2 Å². The van der Waals surface area contributed by atoms with Gasteiger partial charge in [0.05, 0.1) is 17.7 Å². The number of hydrogen-bond donors (Lipinski definition) is 1. The summed E-state index contributed by atoms with van der Waals surface area (Å²) in [5.74, 6) is -0.203. The highest BCUT2D eigenvalue weighted by Gasteiger charge is 2.35. The number of rotatable bonds is 13. The van der Waals surface area contributed by atoms with Crippen LogP contribution >= 0.6 is 11.6 Å². The number of benzene rings is 4. The molecule has 0 radical (unpaired) electrons. The van der Waals surface area contributed by atoms with E-state index in [9.17, 15) is 18.0 Å². The molecule has 1 aliphatic carbocycles. The molecular formula is C37H40ClN3O5S. The molecule has 0 heterocycles. The van der Waals surface area contributed by atoms with Gasteiger partial charge in [-0.2, -0.15) is 0 Å². The topological polar surface area (TPSA) is 96.0 Å². The fourth-order valence-electron chi connectivity index (χ4n) is 5.89. The first-order chi connectivity index (χ1) is 22.6. The smallest absolute Gasteiger partial charge is 0.264 e. The van der Waals surface area contributed by atoms with E-state index in [2.05, 4.69) is 5.32 Å². The van der Waals surface area contributed by atoms with E-state index in [0.29, 0.717) is 10.8 Å². The van der Waals surface area contributed by atoms with Gasteiger partial charge in [0.2, 0.25) is 11.8 Å². The Labute approximate surface area is 282 Å². The van der Waals surface area contributed by atoms with Crippen LogP contribution in [0.1, 0.15) is 42.4 Å². The van der Waals surface area contributed by atoms with Crippen molar-refractivity contribution >= 4 is 39.1 Å². The van der Waals surface area contributed by atoms with Crippen molar-refractivity contribution in [3.05, 3.63) is 125 Å². The third-order valence-corrected chi connectivity index (χ3v) is 10.5. The number of anilines is 1. The largest absolute Gasteiger partial charge is 0.497 e. The molecule has 10 heteroatoms. The molecule has 0 spiro atoms. The number of sulfonamides is 1. The molecular weight excluding hydrogens is 634 g/mol. The van der Waals surface area contributed by atoms with Crippen LogP contribution in [0.3, 0.4) is 0 Å². The lowest BCUT2D eigenvalue weighted by Gasteiger charge is -2.34. The standard InChI is InChI=1S/C37H40ClN3O5S/c1-27-18-20-34(21-19-27)47(44,45)41(32-16-9-13-30(38)24-32)26-36(42)40(25-29-12-8-17-33(22-29)46-2)35(23-28-10-4-3-5-11-28)37(43)39-31-14-6-7-15-31/h3-5,8-13,16-22,24,31,35H,6-7,14-15,23,25-26H2,1-2H3,(H,39,43)/t35-/m1/s1. The Morgan fingerprint density at radius 2 is 1.57 bits per heavy atom. The van der Waals surface area contributed by atoms with Gasteiger partial charge in [-0.1, -0.05) is 90.7 Å². The maximum atomic E-state index is 14.7. The number of methoxy groups -OCH3 is 1. The van der Waals surface area contributed by atoms with Gasteiger partial charge in [0.25, 0.3) is 10.0 Å². The van der Waals surface area contributed by atoms with Gasteiger partial charge in [-0.05, 0) is 73.4 Å². The van der Waals surface area contributed by atoms with Gasteiger partial charge in [-0.15, -0.1) is 0 Å². The van der Waals surface area contributed by atoms with E-state index in [4.69, 9.17) is 16.3 Å². The molecule has 0 aromatic heterocycles. The minimum atomic E-state index is -4.22. The number of ether oxygens (including phenoxy) is 1. The van der Waals surface area contributed by atoms with E-state index in [-0.39, 0.29) is 35.5 Å². The summed E-state index contributed by atoms with van der Waals surface area (Å²) >= 11 is 6.32. The zero-order chi connectivity index (χ0) is 33.4. The average Bonchev–Trinajstić information content (AvgIpc) is 3.59. The van der Waals surface area contributed by atoms with Crippen LogP contribution in [0, 0.1) is 6.92 Å². The van der Waals surface area contributed by atoms with Gasteiger partial charge in [0, 0.05) is 24.0 Å². The summed E-state index contributed by atoms with van der Waals surface area (Å²) in [5.41, 5.74) is 2.75. The predicted octanol–water partition coefficient (Wildman–Crippen LogP) is 6.55. The maximum Gasteiger partial charge on any atom is 0.264 e. The lowest BCUT2D eigenvalue weighted by atomic mass is 10.0. The zero-order valence-corrected chi connectivity index (χ0v) is 28.2. The number of carbonyl (C=O) groups excluding carboxylic acids is 2. The number of carbonyl (C=O) groups is 2. The Morgan fingerprint density at radius 3 is 2.26 bits per heavy atom. The molecule has 1 saturated carbocycles. The number of halogens is 1. The number of aryl methyl sites for hydroxylation is 1. The predicted molar refractivity (Wildman–Crippen MR) is 185 cm³/mol. The van der Waals surface area contributed by atoms with Crippen molar-refractivity contribution < 1.29 is 22.7 Å². The second-order valence-electron chi connectivity index (χ2n) is 11.9. The lowest BCUT2D eigenvalue weighted by molar-refractivity contribution is -0.140. The first kappa shape index (κ1) is 34.0. The summed E-state index contributed by atoms with van der Waals surface area (Å²) in [4.78, 5) is 30.3. The molecule has 4 aromatic carbocycles. The number of hydrogen-bond acceptors (Lipinski definition) is 5. The van der Waals surface area contributed by atoms with Crippen LogP contribution < -0.4 is 14.4 Å². The molecule has 0 aliphatic heterocycles. The number of nitrogens with zero attached hydrogens (tertiary/aromatic N) is 2. The fourth-order valence-corrected chi connectivity index (χ4v) is 7.48. The third-order valence-electron chi connectivity index (χ3n) is 8.44. The molecule has 1 atom stereocenters. The van der Waals surface area contributed by atoms with E-state index >= 15 is 0 Å². The molecule has 1 aliphatic rings. The van der Waals surface area contributed by atoms with E-state index < -0.39 is 28.5 Å². The van der Waals surface area contributed by atoms with Gasteiger partial charge in [-0.3, -0.25) is 13.9 Å².